The van der Waals surface area contributed by atoms with Crippen molar-refractivity contribution in [2.45, 2.75) is 45.4 Å². The van der Waals surface area contributed by atoms with E-state index in [0.717, 1.165) is 50.8 Å². The molecule has 0 saturated carbocycles. The Balaban J connectivity index is 1.27. The van der Waals surface area contributed by atoms with E-state index >= 15 is 0 Å². The molecular formula is C47H39NO. The van der Waals surface area contributed by atoms with E-state index in [1.165, 1.54) is 44.5 Å². The largest absolute Gasteiger partial charge is 0.456 e. The van der Waals surface area contributed by atoms with E-state index < -0.39 is 0 Å². The second-order valence-electron chi connectivity index (χ2n) is 14.7. The molecule has 3 aliphatic rings. The van der Waals surface area contributed by atoms with Crippen LogP contribution >= 0.6 is 0 Å². The van der Waals surface area contributed by atoms with Crippen LogP contribution in [-0.4, -0.2) is 0 Å². The molecule has 6 aromatic carbocycles. The van der Waals surface area contributed by atoms with Crippen molar-refractivity contribution in [3.8, 4) is 39.1 Å². The lowest BCUT2D eigenvalue weighted by molar-refractivity contribution is 0.450. The lowest BCUT2D eigenvalue weighted by Crippen LogP contribution is -2.18. The van der Waals surface area contributed by atoms with Crippen molar-refractivity contribution in [3.05, 3.63) is 174 Å². The number of benzene rings is 6. The molecule has 0 amide bonds. The average Bonchev–Trinajstić information content (AvgIpc) is 3.44. The zero-order valence-electron chi connectivity index (χ0n) is 28.8. The first-order chi connectivity index (χ1) is 23.7. The van der Waals surface area contributed by atoms with Gasteiger partial charge in [0.25, 0.3) is 0 Å². The highest BCUT2D eigenvalue weighted by Crippen LogP contribution is 2.53. The van der Waals surface area contributed by atoms with E-state index in [9.17, 15) is 0 Å². The number of allylic oxidation sites excluding steroid dienone is 2. The monoisotopic (exact) mass is 633 g/mol. The van der Waals surface area contributed by atoms with Crippen molar-refractivity contribution in [3.63, 3.8) is 0 Å². The van der Waals surface area contributed by atoms with Crippen LogP contribution in [0.3, 0.4) is 0 Å². The van der Waals surface area contributed by atoms with Crippen LogP contribution in [0.2, 0.25) is 0 Å². The number of nitrogens with zero attached hydrogens (tertiary/aromatic N) is 1. The molecule has 0 bridgehead atoms. The van der Waals surface area contributed by atoms with Crippen LogP contribution in [0.4, 0.5) is 17.1 Å². The Morgan fingerprint density at radius 3 is 1.49 bits per heavy atom. The third-order valence-corrected chi connectivity index (χ3v) is 11.3. The zero-order chi connectivity index (χ0) is 33.7. The maximum absolute atomic E-state index is 6.54. The first-order valence-corrected chi connectivity index (χ1v) is 17.2. The fourth-order valence-corrected chi connectivity index (χ4v) is 8.63. The Bertz CT molecular complexity index is 2300. The Morgan fingerprint density at radius 1 is 0.490 bits per heavy atom. The number of ether oxygens (including phenoxy) is 1. The minimum atomic E-state index is -0.111. The smallest absolute Gasteiger partial charge is 0.135 e. The van der Waals surface area contributed by atoms with Crippen molar-refractivity contribution in [1.29, 1.82) is 0 Å². The van der Waals surface area contributed by atoms with Crippen LogP contribution < -0.4 is 9.64 Å². The summed E-state index contributed by atoms with van der Waals surface area (Å²) in [6, 6.07) is 47.0. The van der Waals surface area contributed by atoms with Gasteiger partial charge in [0.1, 0.15) is 11.5 Å². The van der Waals surface area contributed by atoms with Crippen LogP contribution in [0, 0.1) is 0 Å². The second kappa shape index (κ2) is 10.4. The number of hydrogen-bond donors (Lipinski definition) is 0. The van der Waals surface area contributed by atoms with E-state index in [2.05, 4.69) is 173 Å². The molecule has 0 saturated heterocycles. The van der Waals surface area contributed by atoms with Crippen molar-refractivity contribution in [2.24, 2.45) is 0 Å². The minimum Gasteiger partial charge on any atom is -0.456 e. The Morgan fingerprint density at radius 2 is 0.939 bits per heavy atom. The molecule has 2 aliphatic carbocycles. The fraction of sp³-hybridized carbons (Fsp3) is 0.149. The quantitative estimate of drug-likeness (QED) is 0.191. The summed E-state index contributed by atoms with van der Waals surface area (Å²) in [4.78, 5) is 2.43. The summed E-state index contributed by atoms with van der Waals surface area (Å²) < 4.78 is 6.54. The zero-order valence-corrected chi connectivity index (χ0v) is 28.8. The third kappa shape index (κ3) is 4.20. The number of hydrogen-bond acceptors (Lipinski definition) is 2. The highest BCUT2D eigenvalue weighted by atomic mass is 16.5. The second-order valence-corrected chi connectivity index (χ2v) is 14.7. The summed E-state index contributed by atoms with van der Waals surface area (Å²) in [5.41, 5.74) is 18.4. The van der Waals surface area contributed by atoms with Crippen LogP contribution in [0.25, 0.3) is 39.0 Å². The van der Waals surface area contributed by atoms with Crippen LogP contribution in [0.1, 0.15) is 62.4 Å². The summed E-state index contributed by atoms with van der Waals surface area (Å²) in [5.74, 6) is 1.62. The topological polar surface area (TPSA) is 12.5 Å². The molecule has 0 N–H and O–H groups in total. The normalized spacial score (nSPS) is 15.5. The van der Waals surface area contributed by atoms with Crippen LogP contribution in [0.5, 0.6) is 5.75 Å². The molecule has 0 fully saturated rings. The molecule has 2 nitrogen and oxygen atoms in total. The Kier molecular flexibility index (Phi) is 6.30. The molecule has 0 unspecified atom stereocenters. The molecule has 0 radical (unpaired) electrons. The van der Waals surface area contributed by atoms with Crippen LogP contribution in [0.15, 0.2) is 146 Å². The van der Waals surface area contributed by atoms with Gasteiger partial charge in [-0.3, -0.25) is 0 Å². The molecule has 1 aliphatic heterocycles. The lowest BCUT2D eigenvalue weighted by Gasteiger charge is -2.30. The first-order valence-electron chi connectivity index (χ1n) is 17.2. The Hall–Kier alpha value is -5.60. The van der Waals surface area contributed by atoms with Gasteiger partial charge in [-0.15, -0.1) is 0 Å². The SMILES string of the molecule is C=CC1=C(C)c2ccccc2-c2cc(N(c3ccc4c(c3)C(C)(C)c3ccccc3-4)c3ccc4c(c3)C(C)(C)c3ccccc3-4)ccc2O1. The maximum atomic E-state index is 6.54. The maximum Gasteiger partial charge on any atom is 0.135 e. The summed E-state index contributed by atoms with van der Waals surface area (Å²) >= 11 is 0. The summed E-state index contributed by atoms with van der Waals surface area (Å²) in [6.07, 6.45) is 1.82. The van der Waals surface area contributed by atoms with Gasteiger partial charge < -0.3 is 9.64 Å². The van der Waals surface area contributed by atoms with Crippen LogP contribution in [-0.2, 0) is 10.8 Å². The van der Waals surface area contributed by atoms with E-state index in [4.69, 9.17) is 4.74 Å². The van der Waals surface area contributed by atoms with E-state index in [1.54, 1.807) is 0 Å². The van der Waals surface area contributed by atoms with Gasteiger partial charge >= 0.3 is 0 Å². The molecule has 0 atom stereocenters. The van der Waals surface area contributed by atoms with Gasteiger partial charge in [-0.2, -0.15) is 0 Å². The van der Waals surface area contributed by atoms with Gasteiger partial charge in [-0.25, -0.2) is 0 Å². The third-order valence-electron chi connectivity index (χ3n) is 11.3. The fourth-order valence-electron chi connectivity index (χ4n) is 8.63. The van der Waals surface area contributed by atoms with Crippen molar-refractivity contribution >= 4 is 22.6 Å². The van der Waals surface area contributed by atoms with E-state index in [0.29, 0.717) is 0 Å². The van der Waals surface area contributed by atoms with Gasteiger partial charge in [0, 0.05) is 33.5 Å². The van der Waals surface area contributed by atoms with E-state index in [1.807, 2.05) is 6.08 Å². The number of rotatable bonds is 4. The molecule has 238 valence electrons. The van der Waals surface area contributed by atoms with Crippen molar-refractivity contribution in [2.75, 3.05) is 4.90 Å². The van der Waals surface area contributed by atoms with Gasteiger partial charge in [-0.05, 0) is 117 Å². The minimum absolute atomic E-state index is 0.111. The number of fused-ring (bicyclic) bond motifs is 9. The number of anilines is 3. The predicted molar refractivity (Wildman–Crippen MR) is 205 cm³/mol. The summed E-state index contributed by atoms with van der Waals surface area (Å²) in [7, 11) is 0. The molecule has 1 heterocycles. The van der Waals surface area contributed by atoms with Gasteiger partial charge in [0.05, 0.1) is 0 Å². The van der Waals surface area contributed by atoms with Gasteiger partial charge in [-0.1, -0.05) is 119 Å². The average molecular weight is 634 g/mol. The molecular weight excluding hydrogens is 595 g/mol. The van der Waals surface area contributed by atoms with Gasteiger partial charge in [0.2, 0.25) is 0 Å². The Labute approximate surface area is 289 Å². The highest BCUT2D eigenvalue weighted by molar-refractivity contribution is 5.92. The molecule has 49 heavy (non-hydrogen) atoms. The predicted octanol–water partition coefficient (Wildman–Crippen LogP) is 12.7. The molecule has 0 spiro atoms. The summed E-state index contributed by atoms with van der Waals surface area (Å²) in [6.45, 7) is 15.6. The van der Waals surface area contributed by atoms with Crippen molar-refractivity contribution in [1.82, 2.24) is 0 Å². The molecule has 6 aromatic rings. The molecule has 9 rings (SSSR count). The standard InChI is InChI=1S/C47H39NO/c1-7-44-29(2)33-14-8-9-15-34(33)39-26-30(22-25-45(39)49-44)48(31-20-23-37-35-16-10-12-18-40(35)46(3,4)42(37)27-31)32-21-24-38-36-17-11-13-19-41(36)47(5,6)43(38)28-32/h7-28H,1H2,2-6H3. The first kappa shape index (κ1) is 29.5. The van der Waals surface area contributed by atoms with Crippen molar-refractivity contribution < 1.29 is 4.74 Å². The summed E-state index contributed by atoms with van der Waals surface area (Å²) in [5, 5.41) is 0. The van der Waals surface area contributed by atoms with Gasteiger partial charge in [0.15, 0.2) is 0 Å². The molecule has 0 aromatic heterocycles. The van der Waals surface area contributed by atoms with E-state index in [-0.39, 0.29) is 10.8 Å². The molecule has 2 heteroatoms. The highest BCUT2D eigenvalue weighted by Gasteiger charge is 2.38. The lowest BCUT2D eigenvalue weighted by atomic mass is 9.82.